The van der Waals surface area contributed by atoms with E-state index in [-0.39, 0.29) is 11.9 Å². The maximum Gasteiger partial charge on any atom is 0.142 e. The fourth-order valence-corrected chi connectivity index (χ4v) is 3.41. The molecule has 0 spiro atoms. The zero-order valence-electron chi connectivity index (χ0n) is 15.0. The molecular weight excluding hydrogens is 344 g/mol. The summed E-state index contributed by atoms with van der Waals surface area (Å²) in [7, 11) is 1.62. The SMILES string of the molecule is COc1ccc(-c2c(C#N)c(N)nc3c2CO[C@H]3C)cc1Cn1cncn1. The molecule has 1 aromatic carbocycles. The summed E-state index contributed by atoms with van der Waals surface area (Å²) in [6.45, 7) is 2.82. The van der Waals surface area contributed by atoms with E-state index in [1.54, 1.807) is 18.1 Å². The van der Waals surface area contributed by atoms with Crippen LogP contribution in [0, 0.1) is 11.3 Å². The Morgan fingerprint density at radius 3 is 3.00 bits per heavy atom. The summed E-state index contributed by atoms with van der Waals surface area (Å²) in [5.41, 5.74) is 10.7. The van der Waals surface area contributed by atoms with E-state index in [1.807, 2.05) is 25.1 Å². The van der Waals surface area contributed by atoms with E-state index >= 15 is 0 Å². The number of nitrogen functional groups attached to an aromatic ring is 1. The van der Waals surface area contributed by atoms with E-state index in [0.717, 1.165) is 33.7 Å². The number of anilines is 1. The average Bonchev–Trinajstić information content (AvgIpc) is 3.31. The molecule has 4 rings (SSSR count). The van der Waals surface area contributed by atoms with Crippen molar-refractivity contribution < 1.29 is 9.47 Å². The number of aromatic nitrogens is 4. The molecule has 8 heteroatoms. The molecule has 0 saturated carbocycles. The van der Waals surface area contributed by atoms with Crippen LogP contribution in [0.5, 0.6) is 5.75 Å². The van der Waals surface area contributed by atoms with Gasteiger partial charge in [0, 0.05) is 16.7 Å². The molecule has 1 atom stereocenters. The highest BCUT2D eigenvalue weighted by Crippen LogP contribution is 2.40. The number of nitriles is 1. The number of hydrogen-bond acceptors (Lipinski definition) is 7. The quantitative estimate of drug-likeness (QED) is 0.758. The molecule has 3 aromatic rings. The molecule has 0 aliphatic carbocycles. The van der Waals surface area contributed by atoms with E-state index in [0.29, 0.717) is 18.7 Å². The van der Waals surface area contributed by atoms with Gasteiger partial charge in [-0.3, -0.25) is 0 Å². The summed E-state index contributed by atoms with van der Waals surface area (Å²) in [5, 5.41) is 13.8. The third-order valence-electron chi connectivity index (χ3n) is 4.70. The predicted octanol–water partition coefficient (Wildman–Crippen LogP) is 2.44. The second kappa shape index (κ2) is 6.70. The van der Waals surface area contributed by atoms with Crippen molar-refractivity contribution >= 4 is 5.82 Å². The van der Waals surface area contributed by atoms with Crippen LogP contribution in [0.2, 0.25) is 0 Å². The number of hydrogen-bond donors (Lipinski definition) is 1. The first kappa shape index (κ1) is 17.0. The number of ether oxygens (including phenoxy) is 2. The summed E-state index contributed by atoms with van der Waals surface area (Å²) in [6.07, 6.45) is 2.98. The maximum atomic E-state index is 9.68. The van der Waals surface area contributed by atoms with Crippen LogP contribution in [0.3, 0.4) is 0 Å². The fourth-order valence-electron chi connectivity index (χ4n) is 3.41. The zero-order chi connectivity index (χ0) is 19.0. The Morgan fingerprint density at radius 1 is 1.44 bits per heavy atom. The summed E-state index contributed by atoms with van der Waals surface area (Å²) in [6, 6.07) is 7.98. The summed E-state index contributed by atoms with van der Waals surface area (Å²) >= 11 is 0. The Hall–Kier alpha value is -3.44. The molecule has 1 aliphatic rings. The van der Waals surface area contributed by atoms with E-state index in [1.165, 1.54) is 6.33 Å². The van der Waals surface area contributed by atoms with Gasteiger partial charge in [-0.1, -0.05) is 6.07 Å². The van der Waals surface area contributed by atoms with E-state index < -0.39 is 0 Å². The van der Waals surface area contributed by atoms with Crippen LogP contribution >= 0.6 is 0 Å². The van der Waals surface area contributed by atoms with Gasteiger partial charge in [-0.05, 0) is 24.6 Å². The minimum Gasteiger partial charge on any atom is -0.496 e. The smallest absolute Gasteiger partial charge is 0.142 e. The molecule has 0 amide bonds. The highest BCUT2D eigenvalue weighted by molar-refractivity contribution is 5.80. The molecule has 0 radical (unpaired) electrons. The minimum atomic E-state index is -0.151. The van der Waals surface area contributed by atoms with Crippen LogP contribution in [-0.4, -0.2) is 26.9 Å². The lowest BCUT2D eigenvalue weighted by molar-refractivity contribution is 0.0780. The standard InChI is InChI=1S/C19H18N6O2/c1-11-18-15(8-27-11)17(14(6-20)19(21)24-18)12-3-4-16(26-2)13(5-12)7-25-10-22-9-23-25/h3-5,9-11H,7-8H2,1-2H3,(H2,21,24)/t11-/m0/s1. The first-order chi connectivity index (χ1) is 13.1. The topological polar surface area (TPSA) is 112 Å². The van der Waals surface area contributed by atoms with Crippen LogP contribution in [-0.2, 0) is 17.9 Å². The van der Waals surface area contributed by atoms with Gasteiger partial charge in [-0.2, -0.15) is 10.4 Å². The summed E-state index contributed by atoms with van der Waals surface area (Å²) < 4.78 is 12.9. The van der Waals surface area contributed by atoms with Crippen LogP contribution in [0.25, 0.3) is 11.1 Å². The second-order valence-electron chi connectivity index (χ2n) is 6.30. The van der Waals surface area contributed by atoms with Crippen molar-refractivity contribution in [1.82, 2.24) is 19.7 Å². The molecule has 1 aliphatic heterocycles. The lowest BCUT2D eigenvalue weighted by Crippen LogP contribution is -2.06. The number of benzene rings is 1. The van der Waals surface area contributed by atoms with Crippen molar-refractivity contribution in [3.05, 3.63) is 53.2 Å². The first-order valence-electron chi connectivity index (χ1n) is 8.46. The molecule has 0 bridgehead atoms. The van der Waals surface area contributed by atoms with Crippen molar-refractivity contribution in [3.63, 3.8) is 0 Å². The Bertz CT molecular complexity index is 1040. The third-order valence-corrected chi connectivity index (χ3v) is 4.70. The molecule has 2 aromatic heterocycles. The molecule has 2 N–H and O–H groups in total. The second-order valence-corrected chi connectivity index (χ2v) is 6.30. The van der Waals surface area contributed by atoms with Gasteiger partial charge in [-0.15, -0.1) is 0 Å². The highest BCUT2D eigenvalue weighted by Gasteiger charge is 2.28. The lowest BCUT2D eigenvalue weighted by atomic mass is 9.93. The minimum absolute atomic E-state index is 0.151. The maximum absolute atomic E-state index is 9.68. The van der Waals surface area contributed by atoms with Crippen molar-refractivity contribution in [2.75, 3.05) is 12.8 Å². The number of pyridine rings is 1. The Labute approximate surface area is 156 Å². The van der Waals surface area contributed by atoms with Gasteiger partial charge in [-0.25, -0.2) is 14.6 Å². The molecule has 8 nitrogen and oxygen atoms in total. The van der Waals surface area contributed by atoms with Gasteiger partial charge in [0.1, 0.15) is 35.9 Å². The van der Waals surface area contributed by atoms with Gasteiger partial charge in [0.2, 0.25) is 0 Å². The van der Waals surface area contributed by atoms with Crippen molar-refractivity contribution in [2.24, 2.45) is 0 Å². The molecule has 0 unspecified atom stereocenters. The third kappa shape index (κ3) is 2.88. The molecule has 3 heterocycles. The van der Waals surface area contributed by atoms with Gasteiger partial charge < -0.3 is 15.2 Å². The van der Waals surface area contributed by atoms with Gasteiger partial charge in [0.05, 0.1) is 32.1 Å². The predicted molar refractivity (Wildman–Crippen MR) is 97.7 cm³/mol. The van der Waals surface area contributed by atoms with E-state index in [2.05, 4.69) is 21.1 Å². The molecular formula is C19H18N6O2. The van der Waals surface area contributed by atoms with Crippen LogP contribution in [0.4, 0.5) is 5.82 Å². The van der Waals surface area contributed by atoms with Gasteiger partial charge >= 0.3 is 0 Å². The van der Waals surface area contributed by atoms with Crippen molar-refractivity contribution in [2.45, 2.75) is 26.2 Å². The molecule has 27 heavy (non-hydrogen) atoms. The number of methoxy groups -OCH3 is 1. The lowest BCUT2D eigenvalue weighted by Gasteiger charge is -2.15. The molecule has 0 fully saturated rings. The fraction of sp³-hybridized carbons (Fsp3) is 0.263. The first-order valence-corrected chi connectivity index (χ1v) is 8.46. The zero-order valence-corrected chi connectivity index (χ0v) is 15.0. The Morgan fingerprint density at radius 2 is 2.30 bits per heavy atom. The van der Waals surface area contributed by atoms with Crippen LogP contribution in [0.15, 0.2) is 30.9 Å². The molecule has 136 valence electrons. The largest absolute Gasteiger partial charge is 0.496 e. The number of nitrogens with zero attached hydrogens (tertiary/aromatic N) is 5. The number of fused-ring (bicyclic) bond motifs is 1. The van der Waals surface area contributed by atoms with E-state index in [4.69, 9.17) is 15.2 Å². The number of rotatable bonds is 4. The Balaban J connectivity index is 1.89. The monoisotopic (exact) mass is 362 g/mol. The average molecular weight is 362 g/mol. The van der Waals surface area contributed by atoms with Crippen molar-refractivity contribution in [1.29, 1.82) is 5.26 Å². The van der Waals surface area contributed by atoms with E-state index in [9.17, 15) is 5.26 Å². The molecule has 0 saturated heterocycles. The van der Waals surface area contributed by atoms with Gasteiger partial charge in [0.15, 0.2) is 0 Å². The van der Waals surface area contributed by atoms with Crippen LogP contribution < -0.4 is 10.5 Å². The normalized spacial score (nSPS) is 15.4. The highest BCUT2D eigenvalue weighted by atomic mass is 16.5. The summed E-state index contributed by atoms with van der Waals surface area (Å²) in [4.78, 5) is 8.37. The Kier molecular flexibility index (Phi) is 4.22. The van der Waals surface area contributed by atoms with Gasteiger partial charge in [0.25, 0.3) is 0 Å². The van der Waals surface area contributed by atoms with Crippen molar-refractivity contribution in [3.8, 4) is 22.9 Å². The number of nitrogens with two attached hydrogens (primary N) is 1. The van der Waals surface area contributed by atoms with Crippen LogP contribution in [0.1, 0.15) is 35.4 Å². The summed E-state index contributed by atoms with van der Waals surface area (Å²) in [5.74, 6) is 0.952.